The molecule has 1 fully saturated rings. The molecule has 2 heterocycles. The SMILES string of the molecule is O=C(COC(=O)c1ccc(Cl)c(S(=O)(=O)N2CCCC2)c1)Nc1nc2ccc([N+](=O)[O-])cc2s1. The number of amides is 1. The average molecular weight is 525 g/mol. The van der Waals surface area contributed by atoms with E-state index in [0.29, 0.717) is 23.3 Å². The van der Waals surface area contributed by atoms with E-state index in [9.17, 15) is 28.1 Å². The lowest BCUT2D eigenvalue weighted by molar-refractivity contribution is -0.384. The molecule has 11 nitrogen and oxygen atoms in total. The maximum absolute atomic E-state index is 12.8. The topological polar surface area (TPSA) is 149 Å². The van der Waals surface area contributed by atoms with Gasteiger partial charge in [-0.25, -0.2) is 18.2 Å². The molecule has 1 aliphatic rings. The lowest BCUT2D eigenvalue weighted by Gasteiger charge is -2.17. The molecule has 0 bridgehead atoms. The Bertz CT molecular complexity index is 1400. The van der Waals surface area contributed by atoms with Crippen molar-refractivity contribution >= 4 is 65.9 Å². The molecule has 3 aromatic rings. The van der Waals surface area contributed by atoms with E-state index in [1.807, 2.05) is 0 Å². The number of nitrogens with one attached hydrogen (secondary N) is 1. The first kappa shape index (κ1) is 24.0. The highest BCUT2D eigenvalue weighted by Gasteiger charge is 2.30. The van der Waals surface area contributed by atoms with E-state index >= 15 is 0 Å². The van der Waals surface area contributed by atoms with Gasteiger partial charge < -0.3 is 4.74 Å². The zero-order valence-corrected chi connectivity index (χ0v) is 19.8. The van der Waals surface area contributed by atoms with Crippen LogP contribution in [0.3, 0.4) is 0 Å². The number of halogens is 1. The summed E-state index contributed by atoms with van der Waals surface area (Å²) in [6, 6.07) is 7.86. The van der Waals surface area contributed by atoms with Gasteiger partial charge in [0.05, 0.1) is 25.7 Å². The highest BCUT2D eigenvalue weighted by Crippen LogP contribution is 2.30. The number of carbonyl (C=O) groups excluding carboxylic acids is 2. The molecule has 178 valence electrons. The molecule has 1 saturated heterocycles. The molecule has 0 unspecified atom stereocenters. The highest BCUT2D eigenvalue weighted by molar-refractivity contribution is 7.89. The summed E-state index contributed by atoms with van der Waals surface area (Å²) in [7, 11) is -3.85. The predicted octanol–water partition coefficient (Wildman–Crippen LogP) is 3.44. The number of hydrogen-bond donors (Lipinski definition) is 1. The fraction of sp³-hybridized carbons (Fsp3) is 0.250. The Balaban J connectivity index is 1.41. The Labute approximate surface area is 202 Å². The molecule has 0 radical (unpaired) electrons. The summed E-state index contributed by atoms with van der Waals surface area (Å²) in [5, 5.41) is 13.5. The first-order chi connectivity index (χ1) is 16.1. The molecule has 0 saturated carbocycles. The lowest BCUT2D eigenvalue weighted by Crippen LogP contribution is -2.28. The summed E-state index contributed by atoms with van der Waals surface area (Å²) in [6.07, 6.45) is 1.50. The van der Waals surface area contributed by atoms with Crippen LogP contribution >= 0.6 is 22.9 Å². The first-order valence-electron chi connectivity index (χ1n) is 9.97. The van der Waals surface area contributed by atoms with Gasteiger partial charge >= 0.3 is 5.97 Å². The Hall–Kier alpha value is -3.13. The van der Waals surface area contributed by atoms with Gasteiger partial charge in [-0.15, -0.1) is 0 Å². The summed E-state index contributed by atoms with van der Waals surface area (Å²) in [4.78, 5) is 38.9. The second-order valence-corrected chi connectivity index (χ2v) is 10.7. The number of non-ortho nitro benzene ring substituents is 1. The summed E-state index contributed by atoms with van der Waals surface area (Å²) >= 11 is 7.11. The number of hydrogen-bond acceptors (Lipinski definition) is 9. The van der Waals surface area contributed by atoms with Crippen molar-refractivity contribution in [3.8, 4) is 0 Å². The summed E-state index contributed by atoms with van der Waals surface area (Å²) in [5.41, 5.74) is 0.301. The minimum atomic E-state index is -3.85. The van der Waals surface area contributed by atoms with Gasteiger partial charge in [-0.1, -0.05) is 22.9 Å². The number of thiazole rings is 1. The van der Waals surface area contributed by atoms with E-state index < -0.39 is 33.4 Å². The number of anilines is 1. The van der Waals surface area contributed by atoms with Crippen molar-refractivity contribution in [3.63, 3.8) is 0 Å². The third-order valence-electron chi connectivity index (χ3n) is 5.01. The van der Waals surface area contributed by atoms with E-state index in [0.717, 1.165) is 30.2 Å². The van der Waals surface area contributed by atoms with E-state index in [1.165, 1.54) is 34.6 Å². The number of benzene rings is 2. The molecular formula is C20H17ClN4O7S2. The summed E-state index contributed by atoms with van der Waals surface area (Å²) < 4.78 is 32.4. The zero-order valence-electron chi connectivity index (χ0n) is 17.4. The minimum absolute atomic E-state index is 0.0164. The number of ether oxygens (including phenoxy) is 1. The van der Waals surface area contributed by atoms with Crippen LogP contribution in [0, 0.1) is 10.1 Å². The Morgan fingerprint density at radius 2 is 1.94 bits per heavy atom. The van der Waals surface area contributed by atoms with E-state index in [-0.39, 0.29) is 26.3 Å². The monoisotopic (exact) mass is 524 g/mol. The smallest absolute Gasteiger partial charge is 0.338 e. The number of esters is 1. The Kier molecular flexibility index (Phi) is 6.79. The van der Waals surface area contributed by atoms with Crippen LogP contribution in [0.1, 0.15) is 23.2 Å². The number of nitrogens with zero attached hydrogens (tertiary/aromatic N) is 3. The van der Waals surface area contributed by atoms with E-state index in [1.54, 1.807) is 0 Å². The van der Waals surface area contributed by atoms with Crippen molar-refractivity contribution in [2.24, 2.45) is 0 Å². The Morgan fingerprint density at radius 1 is 1.21 bits per heavy atom. The van der Waals surface area contributed by atoms with E-state index in [2.05, 4.69) is 10.3 Å². The quantitative estimate of drug-likeness (QED) is 0.280. The molecule has 0 atom stereocenters. The Morgan fingerprint density at radius 3 is 2.65 bits per heavy atom. The van der Waals surface area contributed by atoms with Crippen LogP contribution in [0.15, 0.2) is 41.3 Å². The van der Waals surface area contributed by atoms with Crippen molar-refractivity contribution < 1.29 is 27.7 Å². The van der Waals surface area contributed by atoms with Crippen LogP contribution in [-0.2, 0) is 19.6 Å². The molecule has 1 amide bonds. The summed E-state index contributed by atoms with van der Waals surface area (Å²) in [5.74, 6) is -1.58. The van der Waals surface area contributed by atoms with Gasteiger partial charge in [-0.05, 0) is 37.1 Å². The third-order valence-corrected chi connectivity index (χ3v) is 8.33. The van der Waals surface area contributed by atoms with Gasteiger partial charge in [-0.2, -0.15) is 4.31 Å². The van der Waals surface area contributed by atoms with E-state index in [4.69, 9.17) is 16.3 Å². The maximum Gasteiger partial charge on any atom is 0.338 e. The number of rotatable bonds is 7. The fourth-order valence-electron chi connectivity index (χ4n) is 3.35. The van der Waals surface area contributed by atoms with Crippen molar-refractivity contribution in [3.05, 3.63) is 57.1 Å². The number of sulfonamides is 1. The second-order valence-electron chi connectivity index (χ2n) is 7.31. The molecule has 2 aromatic carbocycles. The normalized spacial score (nSPS) is 14.3. The minimum Gasteiger partial charge on any atom is -0.452 e. The van der Waals surface area contributed by atoms with Crippen LogP contribution < -0.4 is 5.32 Å². The zero-order chi connectivity index (χ0) is 24.5. The molecule has 0 spiro atoms. The van der Waals surface area contributed by atoms with Gasteiger partial charge in [0.15, 0.2) is 11.7 Å². The van der Waals surface area contributed by atoms with Gasteiger partial charge in [0, 0.05) is 25.2 Å². The van der Waals surface area contributed by atoms with Gasteiger partial charge in [-0.3, -0.25) is 20.2 Å². The molecule has 1 aromatic heterocycles. The van der Waals surface area contributed by atoms with Crippen molar-refractivity contribution in [1.29, 1.82) is 0 Å². The maximum atomic E-state index is 12.8. The van der Waals surface area contributed by atoms with Crippen molar-refractivity contribution in [2.75, 3.05) is 25.0 Å². The van der Waals surface area contributed by atoms with Gasteiger partial charge in [0.2, 0.25) is 10.0 Å². The van der Waals surface area contributed by atoms with Crippen LogP contribution in [0.2, 0.25) is 5.02 Å². The van der Waals surface area contributed by atoms with Gasteiger partial charge in [0.1, 0.15) is 4.90 Å². The number of nitro benzene ring substituents is 1. The summed E-state index contributed by atoms with van der Waals surface area (Å²) in [6.45, 7) is 0.116. The molecule has 34 heavy (non-hydrogen) atoms. The second kappa shape index (κ2) is 9.62. The van der Waals surface area contributed by atoms with Gasteiger partial charge in [0.25, 0.3) is 11.6 Å². The highest BCUT2D eigenvalue weighted by atomic mass is 35.5. The third kappa shape index (κ3) is 5.01. The fourth-order valence-corrected chi connectivity index (χ4v) is 6.28. The number of nitro groups is 1. The molecule has 0 aliphatic carbocycles. The molecule has 1 aliphatic heterocycles. The molecule has 1 N–H and O–H groups in total. The van der Waals surface area contributed by atoms with Crippen LogP contribution in [0.5, 0.6) is 0 Å². The number of fused-ring (bicyclic) bond motifs is 1. The van der Waals surface area contributed by atoms with Crippen LogP contribution in [0.25, 0.3) is 10.2 Å². The molecule has 4 rings (SSSR count). The van der Waals surface area contributed by atoms with Crippen LogP contribution in [0.4, 0.5) is 10.8 Å². The molecular weight excluding hydrogens is 508 g/mol. The average Bonchev–Trinajstić information content (AvgIpc) is 3.47. The largest absolute Gasteiger partial charge is 0.452 e. The lowest BCUT2D eigenvalue weighted by atomic mass is 10.2. The number of carbonyl (C=O) groups is 2. The van der Waals surface area contributed by atoms with Crippen LogP contribution in [-0.4, -0.2) is 54.2 Å². The van der Waals surface area contributed by atoms with Crippen molar-refractivity contribution in [2.45, 2.75) is 17.7 Å². The molecule has 14 heteroatoms. The standard InChI is InChI=1S/C20H17ClN4O7S2/c21-14-5-3-12(9-17(14)34(30,31)24-7-1-2-8-24)19(27)32-11-18(26)23-20-22-15-6-4-13(25(28)29)10-16(15)33-20/h3-6,9-10H,1-2,7-8,11H2,(H,22,23,26). The predicted molar refractivity (Wildman–Crippen MR) is 125 cm³/mol. The first-order valence-corrected chi connectivity index (χ1v) is 12.6. The van der Waals surface area contributed by atoms with Crippen molar-refractivity contribution in [1.82, 2.24) is 9.29 Å². The number of aromatic nitrogens is 1.